The van der Waals surface area contributed by atoms with Gasteiger partial charge in [0.2, 0.25) is 0 Å². The molecule has 0 aliphatic carbocycles. The third-order valence-electron chi connectivity index (χ3n) is 9.43. The second-order valence-electron chi connectivity index (χ2n) is 13.7. The monoisotopic (exact) mass is 638 g/mol. The number of hydrogen-bond acceptors (Lipinski definition) is 5. The van der Waals surface area contributed by atoms with Crippen LogP contribution in [0, 0.1) is 0 Å². The molecule has 0 spiro atoms. The molecule has 1 amide bonds. The first-order valence-corrected chi connectivity index (χ1v) is 17.1. The predicted molar refractivity (Wildman–Crippen MR) is 191 cm³/mol. The largest absolute Gasteiger partial charge is 0.497 e. The second-order valence-corrected chi connectivity index (χ2v) is 13.7. The molecule has 6 nitrogen and oxygen atoms in total. The number of nitrogens with zero attached hydrogens (tertiary/aromatic N) is 1. The summed E-state index contributed by atoms with van der Waals surface area (Å²) in [6.45, 7) is 16.9. The van der Waals surface area contributed by atoms with Crippen LogP contribution in [0.2, 0.25) is 0 Å². The van der Waals surface area contributed by atoms with Gasteiger partial charge in [-0.25, -0.2) is 0 Å². The van der Waals surface area contributed by atoms with Crippen LogP contribution in [0.25, 0.3) is 0 Å². The van der Waals surface area contributed by atoms with Gasteiger partial charge in [-0.3, -0.25) is 9.69 Å². The zero-order chi connectivity index (χ0) is 33.9. The Bertz CT molecular complexity index is 1560. The number of unbranched alkanes of at least 4 members (excludes halogenated alkanes) is 1. The summed E-state index contributed by atoms with van der Waals surface area (Å²) in [6, 6.07) is 28.9. The van der Waals surface area contributed by atoms with Gasteiger partial charge in [0, 0.05) is 25.2 Å². The Morgan fingerprint density at radius 3 is 2.23 bits per heavy atom. The molecule has 0 radical (unpaired) electrons. The third kappa shape index (κ3) is 10.2. The summed E-state index contributed by atoms with van der Waals surface area (Å²) in [6.07, 6.45) is 3.78. The zero-order valence-corrected chi connectivity index (χ0v) is 29.5. The standard InChI is InChI=1S/C41H54N2O4/c1-8-40(3,4)33-20-22-37(36(27-33)41(5,6)9-2)46-25-14-13-24-42-39(44)38-23-21-35(47-38)30-43(28-31-16-11-10-12-17-31)29-32-18-15-19-34(26-32)45-7/h10-12,15-23,26-27H,8-9,13-14,24-25,28-30H2,1-7H3,(H,42,44). The molecule has 6 heteroatoms. The molecule has 1 N–H and O–H groups in total. The van der Waals surface area contributed by atoms with Crippen LogP contribution in [0.4, 0.5) is 0 Å². The number of hydrogen-bond donors (Lipinski definition) is 1. The molecule has 4 aromatic rings. The van der Waals surface area contributed by atoms with E-state index in [1.807, 2.05) is 24.3 Å². The zero-order valence-electron chi connectivity index (χ0n) is 29.5. The molecule has 1 aromatic heterocycles. The maximum atomic E-state index is 12.9. The fraction of sp³-hybridized carbons (Fsp3) is 0.439. The van der Waals surface area contributed by atoms with Crippen LogP contribution in [0.15, 0.2) is 89.3 Å². The number of carbonyl (C=O) groups excluding carboxylic acids is 1. The quantitative estimate of drug-likeness (QED) is 0.110. The molecular formula is C41H54N2O4. The Balaban J connectivity index is 1.28. The molecule has 0 saturated heterocycles. The van der Waals surface area contributed by atoms with Gasteiger partial charge in [-0.2, -0.15) is 0 Å². The summed E-state index contributed by atoms with van der Waals surface area (Å²) in [7, 11) is 1.68. The van der Waals surface area contributed by atoms with Crippen LogP contribution in [-0.2, 0) is 30.5 Å². The minimum Gasteiger partial charge on any atom is -0.497 e. The number of furan rings is 1. The van der Waals surface area contributed by atoms with Crippen molar-refractivity contribution in [2.24, 2.45) is 0 Å². The van der Waals surface area contributed by atoms with Gasteiger partial charge in [0.05, 0.1) is 20.3 Å². The number of nitrogens with one attached hydrogen (secondary N) is 1. The molecule has 0 fully saturated rings. The highest BCUT2D eigenvalue weighted by atomic mass is 16.5. The minimum atomic E-state index is -0.194. The summed E-state index contributed by atoms with van der Waals surface area (Å²) < 4.78 is 17.8. The number of carbonyl (C=O) groups is 1. The van der Waals surface area contributed by atoms with E-state index in [1.165, 1.54) is 16.7 Å². The average molecular weight is 639 g/mol. The highest BCUT2D eigenvalue weighted by Gasteiger charge is 2.26. The minimum absolute atomic E-state index is 0.0265. The maximum Gasteiger partial charge on any atom is 0.286 e. The molecule has 3 aromatic carbocycles. The highest BCUT2D eigenvalue weighted by molar-refractivity contribution is 5.91. The van der Waals surface area contributed by atoms with Gasteiger partial charge in [-0.05, 0) is 83.5 Å². The molecule has 0 aliphatic heterocycles. The fourth-order valence-corrected chi connectivity index (χ4v) is 5.54. The second kappa shape index (κ2) is 16.7. The van der Waals surface area contributed by atoms with Gasteiger partial charge in [0.25, 0.3) is 5.91 Å². The van der Waals surface area contributed by atoms with E-state index in [4.69, 9.17) is 13.9 Å². The highest BCUT2D eigenvalue weighted by Crippen LogP contribution is 2.38. The first-order valence-electron chi connectivity index (χ1n) is 17.1. The molecule has 4 rings (SSSR count). The van der Waals surface area contributed by atoms with E-state index in [2.05, 4.69) is 106 Å². The number of rotatable bonds is 18. The van der Waals surface area contributed by atoms with Gasteiger partial charge >= 0.3 is 0 Å². The molecule has 0 unspecified atom stereocenters. The first kappa shape index (κ1) is 35.8. The third-order valence-corrected chi connectivity index (χ3v) is 9.43. The van der Waals surface area contributed by atoms with Gasteiger partial charge in [0.1, 0.15) is 17.3 Å². The van der Waals surface area contributed by atoms with E-state index in [0.29, 0.717) is 32.0 Å². The van der Waals surface area contributed by atoms with E-state index in [0.717, 1.165) is 55.1 Å². The normalized spacial score (nSPS) is 11.9. The van der Waals surface area contributed by atoms with E-state index in [1.54, 1.807) is 13.2 Å². The van der Waals surface area contributed by atoms with Crippen molar-refractivity contribution in [1.29, 1.82) is 0 Å². The van der Waals surface area contributed by atoms with Crippen molar-refractivity contribution in [3.63, 3.8) is 0 Å². The molecule has 1 heterocycles. The molecule has 252 valence electrons. The van der Waals surface area contributed by atoms with Crippen LogP contribution < -0.4 is 14.8 Å². The lowest BCUT2D eigenvalue weighted by Crippen LogP contribution is -2.24. The lowest BCUT2D eigenvalue weighted by atomic mass is 9.76. The van der Waals surface area contributed by atoms with Crippen LogP contribution in [0.5, 0.6) is 11.5 Å². The van der Waals surface area contributed by atoms with Gasteiger partial charge in [0.15, 0.2) is 5.76 Å². The molecule has 47 heavy (non-hydrogen) atoms. The van der Waals surface area contributed by atoms with Crippen molar-refractivity contribution in [2.75, 3.05) is 20.3 Å². The van der Waals surface area contributed by atoms with Gasteiger partial charge < -0.3 is 19.2 Å². The Labute approximate surface area is 282 Å². The van der Waals surface area contributed by atoms with Crippen LogP contribution in [0.3, 0.4) is 0 Å². The van der Waals surface area contributed by atoms with Gasteiger partial charge in [-0.15, -0.1) is 0 Å². The Morgan fingerprint density at radius 2 is 1.51 bits per heavy atom. The SMILES string of the molecule is CCC(C)(C)c1ccc(OCCCCNC(=O)c2ccc(CN(Cc3ccccc3)Cc3cccc(OC)c3)o2)c(C(C)(C)CC)c1. The predicted octanol–water partition coefficient (Wildman–Crippen LogP) is 9.45. The Morgan fingerprint density at radius 1 is 0.787 bits per heavy atom. The summed E-state index contributed by atoms with van der Waals surface area (Å²) in [4.78, 5) is 15.2. The Hall–Kier alpha value is -4.03. The summed E-state index contributed by atoms with van der Waals surface area (Å²) in [5.41, 5.74) is 5.14. The average Bonchev–Trinajstić information content (AvgIpc) is 3.55. The molecule has 0 bridgehead atoms. The molecular weight excluding hydrogens is 584 g/mol. The van der Waals surface area contributed by atoms with Crippen LogP contribution >= 0.6 is 0 Å². The number of benzene rings is 3. The van der Waals surface area contributed by atoms with Crippen molar-refractivity contribution in [3.05, 3.63) is 119 Å². The first-order chi connectivity index (χ1) is 22.5. The molecule has 0 saturated carbocycles. The van der Waals surface area contributed by atoms with Crippen molar-refractivity contribution in [3.8, 4) is 11.5 Å². The van der Waals surface area contributed by atoms with Crippen molar-refractivity contribution >= 4 is 5.91 Å². The fourth-order valence-electron chi connectivity index (χ4n) is 5.54. The number of methoxy groups -OCH3 is 1. The van der Waals surface area contributed by atoms with Crippen molar-refractivity contribution in [1.82, 2.24) is 10.2 Å². The smallest absolute Gasteiger partial charge is 0.286 e. The summed E-state index contributed by atoms with van der Waals surface area (Å²) >= 11 is 0. The number of ether oxygens (including phenoxy) is 2. The van der Waals surface area contributed by atoms with E-state index >= 15 is 0 Å². The topological polar surface area (TPSA) is 63.9 Å². The lowest BCUT2D eigenvalue weighted by molar-refractivity contribution is 0.0920. The number of amides is 1. The van der Waals surface area contributed by atoms with E-state index in [9.17, 15) is 4.79 Å². The van der Waals surface area contributed by atoms with Crippen molar-refractivity contribution in [2.45, 2.75) is 97.7 Å². The van der Waals surface area contributed by atoms with Crippen LogP contribution in [0.1, 0.15) is 106 Å². The van der Waals surface area contributed by atoms with E-state index < -0.39 is 0 Å². The van der Waals surface area contributed by atoms with Gasteiger partial charge in [-0.1, -0.05) is 96.1 Å². The van der Waals surface area contributed by atoms with E-state index in [-0.39, 0.29) is 16.7 Å². The Kier molecular flexibility index (Phi) is 12.7. The maximum absolute atomic E-state index is 12.9. The van der Waals surface area contributed by atoms with Crippen LogP contribution in [-0.4, -0.2) is 31.1 Å². The molecule has 0 atom stereocenters. The summed E-state index contributed by atoms with van der Waals surface area (Å²) in [5, 5.41) is 3.02. The molecule has 0 aliphatic rings. The van der Waals surface area contributed by atoms with Crippen molar-refractivity contribution < 1.29 is 18.7 Å². The lowest BCUT2D eigenvalue weighted by Gasteiger charge is -2.30. The summed E-state index contributed by atoms with van der Waals surface area (Å²) in [5.74, 6) is 2.69.